The zero-order valence-electron chi connectivity index (χ0n) is 22.4. The first-order chi connectivity index (χ1) is 17.4. The molecule has 0 saturated carbocycles. The number of rotatable bonds is 11. The van der Waals surface area contributed by atoms with E-state index in [1.807, 2.05) is 39.8 Å². The number of hydrogen-bond acceptors (Lipinski definition) is 8. The lowest BCUT2D eigenvalue weighted by atomic mass is 9.93. The lowest BCUT2D eigenvalue weighted by molar-refractivity contribution is 0.0445. The maximum atomic E-state index is 12.0. The van der Waals surface area contributed by atoms with E-state index in [9.17, 15) is 4.79 Å². The van der Waals surface area contributed by atoms with Crippen LogP contribution in [0.15, 0.2) is 37.1 Å². The van der Waals surface area contributed by atoms with Gasteiger partial charge in [-0.25, -0.2) is 14.8 Å². The molecule has 2 unspecified atom stereocenters. The van der Waals surface area contributed by atoms with Crippen molar-refractivity contribution >= 4 is 40.7 Å². The summed E-state index contributed by atoms with van der Waals surface area (Å²) in [6, 6.07) is 5.33. The molecule has 0 aromatic carbocycles. The second kappa shape index (κ2) is 14.7. The van der Waals surface area contributed by atoms with E-state index in [2.05, 4.69) is 35.0 Å². The lowest BCUT2D eigenvalue weighted by Crippen LogP contribution is -2.22. The number of fused-ring (bicyclic) bond motifs is 1. The standard InChI is InChI=1S/C26H34N4O3S.C2H6/c1-6-18(22(27)7-2)20-13-24(28-14-21(20)17(4)32-11-8-12-34-5)29-23-10-9-19-25(30-23)16(3)15-33-26(19)31;1-2/h6,9-10,13-14,16,22H,4,7-8,11-12,15,27H2,1-3,5H3,(H,28,29,30);1-2H3/b18-6+;. The molecule has 7 nitrogen and oxygen atoms in total. The Balaban J connectivity index is 0.00000222. The number of anilines is 2. The highest BCUT2D eigenvalue weighted by molar-refractivity contribution is 7.98. The summed E-state index contributed by atoms with van der Waals surface area (Å²) in [5.74, 6) is 2.54. The van der Waals surface area contributed by atoms with Crippen LogP contribution >= 0.6 is 11.8 Å². The maximum absolute atomic E-state index is 12.0. The molecule has 2 atom stereocenters. The molecule has 2 aromatic heterocycles. The first kappa shape index (κ1) is 29.4. The Morgan fingerprint density at radius 1 is 1.36 bits per heavy atom. The molecule has 196 valence electrons. The van der Waals surface area contributed by atoms with Gasteiger partial charge in [0, 0.05) is 23.7 Å². The molecule has 1 aliphatic heterocycles. The van der Waals surface area contributed by atoms with E-state index >= 15 is 0 Å². The molecule has 3 rings (SSSR count). The van der Waals surface area contributed by atoms with Crippen LogP contribution in [-0.2, 0) is 9.47 Å². The first-order valence-corrected chi connectivity index (χ1v) is 14.0. The van der Waals surface area contributed by atoms with E-state index in [1.165, 1.54) is 0 Å². The van der Waals surface area contributed by atoms with E-state index in [0.717, 1.165) is 41.0 Å². The Bertz CT molecular complexity index is 1070. The molecule has 1 aliphatic rings. The first-order valence-electron chi connectivity index (χ1n) is 12.6. The predicted octanol–water partition coefficient (Wildman–Crippen LogP) is 6.40. The molecule has 3 heterocycles. The number of nitrogens with zero attached hydrogens (tertiary/aromatic N) is 2. The SMILES string of the molecule is C=C(OCCCSC)c1cnc(Nc2ccc3c(n2)C(C)COC3=O)cc1/C(=C\C)C(N)CC.CC. The smallest absolute Gasteiger partial charge is 0.340 e. The summed E-state index contributed by atoms with van der Waals surface area (Å²) in [6.45, 7) is 15.1. The van der Waals surface area contributed by atoms with Gasteiger partial charge in [-0.15, -0.1) is 0 Å². The van der Waals surface area contributed by atoms with Crippen molar-refractivity contribution in [1.29, 1.82) is 0 Å². The van der Waals surface area contributed by atoms with Gasteiger partial charge in [-0.2, -0.15) is 11.8 Å². The van der Waals surface area contributed by atoms with E-state index in [1.54, 1.807) is 30.1 Å². The third-order valence-electron chi connectivity index (χ3n) is 5.77. The highest BCUT2D eigenvalue weighted by Crippen LogP contribution is 2.31. The minimum atomic E-state index is -0.334. The quantitative estimate of drug-likeness (QED) is 0.203. The summed E-state index contributed by atoms with van der Waals surface area (Å²) < 4.78 is 11.1. The summed E-state index contributed by atoms with van der Waals surface area (Å²) in [7, 11) is 0. The number of thioether (sulfide) groups is 1. The maximum Gasteiger partial charge on any atom is 0.340 e. The number of pyridine rings is 2. The summed E-state index contributed by atoms with van der Waals surface area (Å²) >= 11 is 1.79. The average Bonchev–Trinajstić information content (AvgIpc) is 2.90. The summed E-state index contributed by atoms with van der Waals surface area (Å²) in [5.41, 5.74) is 10.4. The van der Waals surface area contributed by atoms with Crippen molar-refractivity contribution in [1.82, 2.24) is 9.97 Å². The van der Waals surface area contributed by atoms with E-state index in [0.29, 0.717) is 36.2 Å². The van der Waals surface area contributed by atoms with E-state index < -0.39 is 0 Å². The van der Waals surface area contributed by atoms with Crippen molar-refractivity contribution in [2.75, 3.05) is 30.5 Å². The van der Waals surface area contributed by atoms with Crippen LogP contribution in [0.1, 0.15) is 80.6 Å². The van der Waals surface area contributed by atoms with Crippen LogP contribution in [0.25, 0.3) is 11.3 Å². The summed E-state index contributed by atoms with van der Waals surface area (Å²) in [4.78, 5) is 21.3. The van der Waals surface area contributed by atoms with Gasteiger partial charge in [0.05, 0.1) is 24.5 Å². The lowest BCUT2D eigenvalue weighted by Gasteiger charge is -2.22. The van der Waals surface area contributed by atoms with Crippen LogP contribution in [-0.4, -0.2) is 47.2 Å². The van der Waals surface area contributed by atoms with Crippen molar-refractivity contribution in [3.05, 3.63) is 59.4 Å². The third-order valence-corrected chi connectivity index (χ3v) is 6.46. The van der Waals surface area contributed by atoms with Crippen molar-refractivity contribution in [2.24, 2.45) is 5.73 Å². The Hall–Kier alpha value is -2.84. The molecule has 0 radical (unpaired) electrons. The highest BCUT2D eigenvalue weighted by Gasteiger charge is 2.26. The summed E-state index contributed by atoms with van der Waals surface area (Å²) in [6.07, 6.45) is 7.62. The van der Waals surface area contributed by atoms with Crippen molar-refractivity contribution in [2.45, 2.75) is 59.4 Å². The molecule has 0 fully saturated rings. The molecule has 2 aromatic rings. The van der Waals surface area contributed by atoms with Crippen LogP contribution < -0.4 is 11.1 Å². The van der Waals surface area contributed by atoms with Crippen molar-refractivity contribution < 1.29 is 14.3 Å². The molecular weight excluding hydrogens is 472 g/mol. The van der Waals surface area contributed by atoms with E-state index in [-0.39, 0.29) is 17.9 Å². The van der Waals surface area contributed by atoms with Crippen LogP contribution in [0.4, 0.5) is 11.6 Å². The molecule has 0 aliphatic carbocycles. The van der Waals surface area contributed by atoms with Gasteiger partial charge in [0.25, 0.3) is 0 Å². The van der Waals surface area contributed by atoms with Gasteiger partial charge in [0.15, 0.2) is 0 Å². The number of ether oxygens (including phenoxy) is 2. The molecule has 0 amide bonds. The number of allylic oxidation sites excluding steroid dienone is 1. The normalized spacial score (nSPS) is 15.7. The number of carbonyl (C=O) groups is 1. The van der Waals surface area contributed by atoms with Crippen LogP contribution in [0.5, 0.6) is 0 Å². The molecule has 8 heteroatoms. The number of esters is 1. The number of cyclic esters (lactones) is 1. The Kier molecular flexibility index (Phi) is 12.0. The van der Waals surface area contributed by atoms with Crippen molar-refractivity contribution in [3.8, 4) is 0 Å². The van der Waals surface area contributed by atoms with Gasteiger partial charge >= 0.3 is 5.97 Å². The summed E-state index contributed by atoms with van der Waals surface area (Å²) in [5, 5.41) is 3.28. The molecule has 0 spiro atoms. The average molecular weight is 513 g/mol. The number of hydrogen-bond donors (Lipinski definition) is 2. The van der Waals surface area contributed by atoms with Crippen molar-refractivity contribution in [3.63, 3.8) is 0 Å². The molecule has 3 N–H and O–H groups in total. The van der Waals surface area contributed by atoms with Gasteiger partial charge in [0.1, 0.15) is 17.4 Å². The fourth-order valence-electron chi connectivity index (χ4n) is 3.83. The van der Waals surface area contributed by atoms with Gasteiger partial charge in [0.2, 0.25) is 0 Å². The van der Waals surface area contributed by atoms with Gasteiger partial charge in [-0.1, -0.05) is 40.3 Å². The number of nitrogens with two attached hydrogens (primary N) is 1. The predicted molar refractivity (Wildman–Crippen MR) is 152 cm³/mol. The Morgan fingerprint density at radius 3 is 2.78 bits per heavy atom. The fourth-order valence-corrected chi connectivity index (χ4v) is 4.24. The van der Waals surface area contributed by atoms with Gasteiger partial charge in [-0.05, 0) is 61.1 Å². The zero-order valence-corrected chi connectivity index (χ0v) is 23.2. The number of aromatic nitrogens is 2. The van der Waals surface area contributed by atoms with E-state index in [4.69, 9.17) is 15.2 Å². The molecule has 36 heavy (non-hydrogen) atoms. The Labute approximate surface area is 220 Å². The minimum absolute atomic E-state index is 0.0316. The second-order valence-corrected chi connectivity index (χ2v) is 9.23. The van der Waals surface area contributed by atoms with Crippen LogP contribution in [0.2, 0.25) is 0 Å². The topological polar surface area (TPSA) is 99.4 Å². The number of nitrogens with one attached hydrogen (secondary N) is 1. The fraction of sp³-hybridized carbons (Fsp3) is 0.464. The molecular formula is C28H40N4O3S. The minimum Gasteiger partial charge on any atom is -0.493 e. The largest absolute Gasteiger partial charge is 0.493 e. The van der Waals surface area contributed by atoms with Crippen LogP contribution in [0.3, 0.4) is 0 Å². The number of carbonyl (C=O) groups excluding carboxylic acids is 1. The Morgan fingerprint density at radius 2 is 2.11 bits per heavy atom. The van der Waals surface area contributed by atoms with Crippen LogP contribution in [0, 0.1) is 0 Å². The monoisotopic (exact) mass is 512 g/mol. The third kappa shape index (κ3) is 7.34. The van der Waals surface area contributed by atoms with Gasteiger partial charge < -0.3 is 20.5 Å². The zero-order chi connectivity index (χ0) is 26.7. The van der Waals surface area contributed by atoms with Gasteiger partial charge in [-0.3, -0.25) is 0 Å². The molecule has 0 bridgehead atoms. The second-order valence-electron chi connectivity index (χ2n) is 8.25. The highest BCUT2D eigenvalue weighted by atomic mass is 32.2. The molecule has 0 saturated heterocycles.